The Bertz CT molecular complexity index is 1130. The van der Waals surface area contributed by atoms with Crippen LogP contribution in [0.3, 0.4) is 0 Å². The van der Waals surface area contributed by atoms with E-state index in [4.69, 9.17) is 4.74 Å². The van der Waals surface area contributed by atoms with Crippen LogP contribution < -0.4 is 10.6 Å². The maximum absolute atomic E-state index is 12.5. The lowest BCUT2D eigenvalue weighted by molar-refractivity contribution is -0.119. The molecule has 0 saturated heterocycles. The molecule has 0 saturated carbocycles. The van der Waals surface area contributed by atoms with E-state index in [-0.39, 0.29) is 29.0 Å². The molecule has 0 aliphatic rings. The molecule has 2 N–H and O–H groups in total. The van der Waals surface area contributed by atoms with Crippen LogP contribution in [0.4, 0.5) is 11.4 Å². The smallest absolute Gasteiger partial charge is 0.340 e. The zero-order valence-electron chi connectivity index (χ0n) is 16.8. The van der Waals surface area contributed by atoms with Crippen molar-refractivity contribution in [1.29, 1.82) is 0 Å². The summed E-state index contributed by atoms with van der Waals surface area (Å²) in [6.07, 6.45) is 1.27. The van der Waals surface area contributed by atoms with Crippen molar-refractivity contribution in [2.24, 2.45) is 0 Å². The van der Waals surface area contributed by atoms with Gasteiger partial charge in [-0.3, -0.25) is 9.59 Å². The van der Waals surface area contributed by atoms with E-state index in [0.29, 0.717) is 0 Å². The Balaban J connectivity index is 1.60. The number of benzene rings is 2. The standard InChI is InChI=1S/C20H18N6O6/c1-31-19(29)13-6-2-4-8-15(13)23-18(28)11-32-20(30)14-7-3-5-9-16(14)22-17(27)10-26-12-21-24-25-26/h2-9,12H,10-11H2,1H3,(H,22,27)(H,23,28). The molecule has 1 aromatic heterocycles. The van der Waals surface area contributed by atoms with Crippen LogP contribution >= 0.6 is 0 Å². The molecule has 3 aromatic rings. The van der Waals surface area contributed by atoms with E-state index in [1.54, 1.807) is 24.3 Å². The molecule has 2 aromatic carbocycles. The minimum atomic E-state index is -0.820. The SMILES string of the molecule is COC(=O)c1ccccc1NC(=O)COC(=O)c1ccccc1NC(=O)Cn1cnnn1. The Morgan fingerprint density at radius 1 is 0.875 bits per heavy atom. The summed E-state index contributed by atoms with van der Waals surface area (Å²) < 4.78 is 10.9. The van der Waals surface area contributed by atoms with Crippen molar-refractivity contribution in [3.63, 3.8) is 0 Å². The molecule has 12 heteroatoms. The number of ether oxygens (including phenoxy) is 2. The van der Waals surface area contributed by atoms with Crippen LogP contribution in [0.5, 0.6) is 0 Å². The highest BCUT2D eigenvalue weighted by atomic mass is 16.5. The van der Waals surface area contributed by atoms with E-state index in [2.05, 4.69) is 30.9 Å². The fourth-order valence-corrected chi connectivity index (χ4v) is 2.63. The molecule has 2 amide bonds. The van der Waals surface area contributed by atoms with Crippen LogP contribution in [-0.4, -0.2) is 57.7 Å². The van der Waals surface area contributed by atoms with Crippen LogP contribution in [0.2, 0.25) is 0 Å². The van der Waals surface area contributed by atoms with E-state index in [1.807, 2.05) is 0 Å². The van der Waals surface area contributed by atoms with Gasteiger partial charge in [-0.25, -0.2) is 14.3 Å². The molecule has 0 aliphatic heterocycles. The van der Waals surface area contributed by atoms with Crippen LogP contribution in [0.1, 0.15) is 20.7 Å². The average Bonchev–Trinajstić information content (AvgIpc) is 3.30. The van der Waals surface area contributed by atoms with Gasteiger partial charge in [-0.15, -0.1) is 5.10 Å². The number of aromatic nitrogens is 4. The summed E-state index contributed by atoms with van der Waals surface area (Å²) in [6, 6.07) is 12.4. The van der Waals surface area contributed by atoms with Gasteiger partial charge in [0.25, 0.3) is 5.91 Å². The third-order valence-corrected chi connectivity index (χ3v) is 4.06. The Morgan fingerprint density at radius 3 is 2.06 bits per heavy atom. The van der Waals surface area contributed by atoms with Crippen molar-refractivity contribution in [3.05, 3.63) is 66.0 Å². The first-order chi connectivity index (χ1) is 15.5. The van der Waals surface area contributed by atoms with E-state index in [1.165, 1.54) is 42.4 Å². The predicted molar refractivity (Wildman–Crippen MR) is 110 cm³/mol. The monoisotopic (exact) mass is 438 g/mol. The maximum Gasteiger partial charge on any atom is 0.340 e. The van der Waals surface area contributed by atoms with Gasteiger partial charge in [0.05, 0.1) is 29.6 Å². The lowest BCUT2D eigenvalue weighted by Gasteiger charge is -2.12. The summed E-state index contributed by atoms with van der Waals surface area (Å²) in [4.78, 5) is 48.6. The van der Waals surface area contributed by atoms with E-state index >= 15 is 0 Å². The average molecular weight is 438 g/mol. The second kappa shape index (κ2) is 10.4. The number of tetrazole rings is 1. The number of anilines is 2. The summed E-state index contributed by atoms with van der Waals surface area (Å²) >= 11 is 0. The Labute approximate surface area is 181 Å². The van der Waals surface area contributed by atoms with Gasteiger partial charge >= 0.3 is 11.9 Å². The summed E-state index contributed by atoms with van der Waals surface area (Å²) in [5.41, 5.74) is 0.633. The molecule has 1 heterocycles. The van der Waals surface area contributed by atoms with Gasteiger partial charge in [0.15, 0.2) is 6.61 Å². The molecule has 3 rings (SSSR count). The van der Waals surface area contributed by atoms with Gasteiger partial charge in [-0.2, -0.15) is 0 Å². The van der Waals surface area contributed by atoms with Gasteiger partial charge in [-0.05, 0) is 34.7 Å². The number of nitrogens with zero attached hydrogens (tertiary/aromatic N) is 4. The first-order valence-corrected chi connectivity index (χ1v) is 9.22. The Morgan fingerprint density at radius 2 is 1.47 bits per heavy atom. The highest BCUT2D eigenvalue weighted by Gasteiger charge is 2.18. The number of rotatable bonds is 8. The van der Waals surface area contributed by atoms with Crippen LogP contribution in [-0.2, 0) is 25.6 Å². The number of para-hydroxylation sites is 2. The molecule has 0 bridgehead atoms. The number of methoxy groups -OCH3 is 1. The van der Waals surface area contributed by atoms with Crippen LogP contribution in [0, 0.1) is 0 Å². The third-order valence-electron chi connectivity index (χ3n) is 4.06. The second-order valence-corrected chi connectivity index (χ2v) is 6.26. The van der Waals surface area contributed by atoms with E-state index in [0.717, 1.165) is 0 Å². The van der Waals surface area contributed by atoms with Gasteiger partial charge in [0, 0.05) is 0 Å². The second-order valence-electron chi connectivity index (χ2n) is 6.26. The van der Waals surface area contributed by atoms with E-state index < -0.39 is 30.4 Å². The highest BCUT2D eigenvalue weighted by molar-refractivity contribution is 6.04. The van der Waals surface area contributed by atoms with Crippen molar-refractivity contribution in [2.45, 2.75) is 6.54 Å². The van der Waals surface area contributed by atoms with Gasteiger partial charge in [-0.1, -0.05) is 24.3 Å². The molecule has 32 heavy (non-hydrogen) atoms. The Hall–Kier alpha value is -4.61. The molecule has 164 valence electrons. The first-order valence-electron chi connectivity index (χ1n) is 9.22. The largest absolute Gasteiger partial charge is 0.465 e. The topological polar surface area (TPSA) is 154 Å². The number of nitrogens with one attached hydrogen (secondary N) is 2. The van der Waals surface area contributed by atoms with Crippen LogP contribution in [0.25, 0.3) is 0 Å². The third kappa shape index (κ3) is 5.72. The lowest BCUT2D eigenvalue weighted by atomic mass is 10.1. The molecule has 0 atom stereocenters. The summed E-state index contributed by atoms with van der Waals surface area (Å²) in [5.74, 6) is -2.56. The zero-order chi connectivity index (χ0) is 22.9. The fourth-order valence-electron chi connectivity index (χ4n) is 2.63. The highest BCUT2D eigenvalue weighted by Crippen LogP contribution is 2.18. The number of carbonyl (C=O) groups is 4. The number of hydrogen-bond acceptors (Lipinski definition) is 9. The van der Waals surface area contributed by atoms with Gasteiger partial charge < -0.3 is 20.1 Å². The first kappa shape index (κ1) is 22.1. The quantitative estimate of drug-likeness (QED) is 0.488. The number of carbonyl (C=O) groups excluding carboxylic acids is 4. The molecule has 0 fully saturated rings. The number of amides is 2. The van der Waals surface area contributed by atoms with Gasteiger partial charge in [0.2, 0.25) is 5.91 Å². The molecular formula is C20H18N6O6. The van der Waals surface area contributed by atoms with E-state index in [9.17, 15) is 19.2 Å². The van der Waals surface area contributed by atoms with Crippen molar-refractivity contribution in [2.75, 3.05) is 24.4 Å². The molecule has 12 nitrogen and oxygen atoms in total. The summed E-state index contributed by atoms with van der Waals surface area (Å²) in [6.45, 7) is -0.764. The fraction of sp³-hybridized carbons (Fsp3) is 0.150. The maximum atomic E-state index is 12.5. The summed E-state index contributed by atoms with van der Waals surface area (Å²) in [5, 5.41) is 15.5. The molecule has 0 spiro atoms. The minimum Gasteiger partial charge on any atom is -0.465 e. The Kier molecular flexibility index (Phi) is 7.20. The van der Waals surface area contributed by atoms with Crippen LogP contribution in [0.15, 0.2) is 54.9 Å². The lowest BCUT2D eigenvalue weighted by Crippen LogP contribution is -2.24. The molecule has 0 radical (unpaired) electrons. The van der Waals surface area contributed by atoms with Crippen molar-refractivity contribution in [1.82, 2.24) is 20.2 Å². The van der Waals surface area contributed by atoms with Crippen molar-refractivity contribution < 1.29 is 28.7 Å². The molecule has 0 aliphatic carbocycles. The van der Waals surface area contributed by atoms with Crippen molar-refractivity contribution in [3.8, 4) is 0 Å². The summed E-state index contributed by atoms with van der Waals surface area (Å²) in [7, 11) is 1.22. The number of esters is 2. The molecular weight excluding hydrogens is 420 g/mol. The number of hydrogen-bond donors (Lipinski definition) is 2. The molecule has 0 unspecified atom stereocenters. The van der Waals surface area contributed by atoms with Crippen molar-refractivity contribution >= 4 is 35.1 Å². The predicted octanol–water partition coefficient (Wildman–Crippen LogP) is 0.894. The normalized spacial score (nSPS) is 10.2. The van der Waals surface area contributed by atoms with Gasteiger partial charge in [0.1, 0.15) is 12.9 Å². The zero-order valence-corrected chi connectivity index (χ0v) is 16.8. The minimum absolute atomic E-state index is 0.0559.